The second-order valence-corrected chi connectivity index (χ2v) is 11.5. The number of carbonyl (C=O) groups is 6. The summed E-state index contributed by atoms with van der Waals surface area (Å²) in [7, 11) is 0. The quantitative estimate of drug-likeness (QED) is 0.0535. The van der Waals surface area contributed by atoms with Crippen LogP contribution in [0.3, 0.4) is 0 Å². The Morgan fingerprint density at radius 1 is 0.533 bits per heavy atom. The van der Waals surface area contributed by atoms with Crippen LogP contribution in [0.1, 0.15) is 91.4 Å². The number of carbonyl (C=O) groups excluding carboxylic acids is 6. The third-order valence-corrected chi connectivity index (χ3v) is 7.50. The van der Waals surface area contributed by atoms with E-state index in [9.17, 15) is 28.8 Å². The molecular formula is C32H61N7O6. The van der Waals surface area contributed by atoms with E-state index in [1.807, 2.05) is 20.8 Å². The van der Waals surface area contributed by atoms with Gasteiger partial charge >= 0.3 is 0 Å². The van der Waals surface area contributed by atoms with E-state index in [0.29, 0.717) is 65.2 Å². The Morgan fingerprint density at radius 2 is 1.04 bits per heavy atom. The first-order chi connectivity index (χ1) is 21.6. The highest BCUT2D eigenvalue weighted by molar-refractivity contribution is 5.95. The van der Waals surface area contributed by atoms with E-state index in [1.54, 1.807) is 0 Å². The Morgan fingerprint density at radius 3 is 1.58 bits per heavy atom. The Bertz CT molecular complexity index is 886. The lowest BCUT2D eigenvalue weighted by atomic mass is 9.84. The summed E-state index contributed by atoms with van der Waals surface area (Å²) in [5.41, 5.74) is 10.9. The Balaban J connectivity index is 5.61. The lowest BCUT2D eigenvalue weighted by Gasteiger charge is -2.21. The summed E-state index contributed by atoms with van der Waals surface area (Å²) in [5.74, 6) is -4.18. The summed E-state index contributed by atoms with van der Waals surface area (Å²) in [6.07, 6.45) is 3.41. The van der Waals surface area contributed by atoms with Gasteiger partial charge in [-0.15, -0.1) is 0 Å². The lowest BCUT2D eigenvalue weighted by molar-refractivity contribution is -0.136. The minimum absolute atomic E-state index is 0.0190. The zero-order chi connectivity index (χ0) is 33.9. The second kappa shape index (κ2) is 27.6. The van der Waals surface area contributed by atoms with Crippen LogP contribution in [-0.2, 0) is 28.8 Å². The van der Waals surface area contributed by atoms with E-state index >= 15 is 0 Å². The van der Waals surface area contributed by atoms with Crippen LogP contribution in [0.25, 0.3) is 0 Å². The SMILES string of the molecule is CCCCNC(=O)C(CC(=O)CC(CC(=O)C(CC)CC(=O)CCCC)C(=O)NCCNCCN)CC(=O)NCCNCCN. The molecule has 13 nitrogen and oxygen atoms in total. The fraction of sp³-hybridized carbons (Fsp3) is 0.812. The van der Waals surface area contributed by atoms with Gasteiger partial charge in [-0.05, 0) is 19.3 Å². The summed E-state index contributed by atoms with van der Waals surface area (Å²) < 4.78 is 0. The molecule has 260 valence electrons. The number of hydrogen-bond donors (Lipinski definition) is 7. The predicted octanol–water partition coefficient (Wildman–Crippen LogP) is 0.338. The van der Waals surface area contributed by atoms with Crippen LogP contribution in [0.5, 0.6) is 0 Å². The third kappa shape index (κ3) is 21.6. The smallest absolute Gasteiger partial charge is 0.224 e. The molecule has 0 bridgehead atoms. The molecule has 0 heterocycles. The largest absolute Gasteiger partial charge is 0.356 e. The maximum atomic E-state index is 13.3. The first-order valence-corrected chi connectivity index (χ1v) is 16.8. The number of unbranched alkanes of at least 4 members (excludes halogenated alkanes) is 2. The van der Waals surface area contributed by atoms with Crippen molar-refractivity contribution in [3.8, 4) is 0 Å². The van der Waals surface area contributed by atoms with Crippen LogP contribution in [0.2, 0.25) is 0 Å². The molecule has 45 heavy (non-hydrogen) atoms. The normalized spacial score (nSPS) is 13.0. The van der Waals surface area contributed by atoms with Crippen molar-refractivity contribution in [2.24, 2.45) is 29.2 Å². The van der Waals surface area contributed by atoms with Gasteiger partial charge in [-0.3, -0.25) is 28.8 Å². The van der Waals surface area contributed by atoms with Gasteiger partial charge in [-0.25, -0.2) is 0 Å². The van der Waals surface area contributed by atoms with Gasteiger partial charge in [-0.1, -0.05) is 33.6 Å². The molecule has 3 unspecified atom stereocenters. The lowest BCUT2D eigenvalue weighted by Crippen LogP contribution is -2.40. The zero-order valence-electron chi connectivity index (χ0n) is 28.0. The number of amides is 3. The Labute approximate surface area is 269 Å². The van der Waals surface area contributed by atoms with Crippen LogP contribution in [-0.4, -0.2) is 94.0 Å². The Hall–Kier alpha value is -2.74. The van der Waals surface area contributed by atoms with Gasteiger partial charge in [-0.2, -0.15) is 0 Å². The molecule has 3 atom stereocenters. The molecule has 0 aromatic carbocycles. The molecule has 0 rings (SSSR count). The Kier molecular flexibility index (Phi) is 25.9. The van der Waals surface area contributed by atoms with Crippen molar-refractivity contribution in [1.29, 1.82) is 0 Å². The van der Waals surface area contributed by atoms with Gasteiger partial charge in [0.1, 0.15) is 17.3 Å². The minimum atomic E-state index is -0.953. The maximum absolute atomic E-state index is 13.3. The molecule has 0 aromatic heterocycles. The highest BCUT2D eigenvalue weighted by Gasteiger charge is 2.31. The summed E-state index contributed by atoms with van der Waals surface area (Å²) >= 11 is 0. The van der Waals surface area contributed by atoms with Crippen LogP contribution in [0, 0.1) is 17.8 Å². The maximum Gasteiger partial charge on any atom is 0.224 e. The number of rotatable bonds is 30. The van der Waals surface area contributed by atoms with E-state index in [1.165, 1.54) is 0 Å². The van der Waals surface area contributed by atoms with E-state index in [2.05, 4.69) is 26.6 Å². The van der Waals surface area contributed by atoms with E-state index in [-0.39, 0.29) is 61.9 Å². The molecule has 0 spiro atoms. The van der Waals surface area contributed by atoms with E-state index in [0.717, 1.165) is 25.7 Å². The van der Waals surface area contributed by atoms with Gasteiger partial charge in [0.05, 0.1) is 11.8 Å². The standard InChI is InChI=1S/C32H61N7O6/c1-4-7-9-27(40)19-24(6-3)29(42)22-25(31(44)39-18-16-36-14-11-34)20-28(41)21-26(32(45)38-12-8-5-2)23-30(43)37-17-15-35-13-10-33/h24-26,35-36H,4-23,33-34H2,1-3H3,(H,37,43)(H,38,45)(H,39,44). The molecule has 13 heteroatoms. The molecule has 9 N–H and O–H groups in total. The summed E-state index contributed by atoms with van der Waals surface area (Å²) in [4.78, 5) is 77.8. The summed E-state index contributed by atoms with van der Waals surface area (Å²) in [5, 5.41) is 14.5. The first kappa shape index (κ1) is 42.3. The topological polar surface area (TPSA) is 215 Å². The molecule has 0 aliphatic heterocycles. The number of ketones is 3. The van der Waals surface area contributed by atoms with E-state index < -0.39 is 29.6 Å². The molecule has 0 aromatic rings. The van der Waals surface area contributed by atoms with Gasteiger partial charge in [0.2, 0.25) is 17.7 Å². The van der Waals surface area contributed by atoms with Crippen LogP contribution in [0.15, 0.2) is 0 Å². The predicted molar refractivity (Wildman–Crippen MR) is 176 cm³/mol. The second-order valence-electron chi connectivity index (χ2n) is 11.5. The van der Waals surface area contributed by atoms with Crippen LogP contribution in [0.4, 0.5) is 0 Å². The zero-order valence-corrected chi connectivity index (χ0v) is 28.0. The van der Waals surface area contributed by atoms with E-state index in [4.69, 9.17) is 11.5 Å². The molecule has 0 aliphatic carbocycles. The van der Waals surface area contributed by atoms with Gasteiger partial charge < -0.3 is 38.1 Å². The molecular weight excluding hydrogens is 578 g/mol. The van der Waals surface area contributed by atoms with Crippen molar-refractivity contribution in [1.82, 2.24) is 26.6 Å². The molecule has 3 amide bonds. The third-order valence-electron chi connectivity index (χ3n) is 7.50. The fourth-order valence-corrected chi connectivity index (χ4v) is 4.79. The molecule has 0 aliphatic rings. The highest BCUT2D eigenvalue weighted by Crippen LogP contribution is 2.22. The van der Waals surface area contributed by atoms with Crippen molar-refractivity contribution in [2.75, 3.05) is 58.9 Å². The molecule has 0 radical (unpaired) electrons. The fourth-order valence-electron chi connectivity index (χ4n) is 4.79. The average molecular weight is 640 g/mol. The van der Waals surface area contributed by atoms with Crippen molar-refractivity contribution in [2.45, 2.75) is 91.4 Å². The van der Waals surface area contributed by atoms with Crippen LogP contribution >= 0.6 is 0 Å². The monoisotopic (exact) mass is 639 g/mol. The van der Waals surface area contributed by atoms with Crippen molar-refractivity contribution in [3.05, 3.63) is 0 Å². The minimum Gasteiger partial charge on any atom is -0.356 e. The number of hydrogen-bond acceptors (Lipinski definition) is 10. The molecule has 0 saturated heterocycles. The van der Waals surface area contributed by atoms with Crippen molar-refractivity contribution >= 4 is 35.1 Å². The number of Topliss-reactive ketones (excluding diaryl/α,β-unsaturated/α-hetero) is 3. The van der Waals surface area contributed by atoms with Crippen molar-refractivity contribution < 1.29 is 28.8 Å². The molecule has 0 fully saturated rings. The first-order valence-electron chi connectivity index (χ1n) is 16.8. The number of nitrogens with one attached hydrogen (secondary N) is 5. The summed E-state index contributed by atoms with van der Waals surface area (Å²) in [6, 6.07) is 0. The van der Waals surface area contributed by atoms with Gasteiger partial charge in [0.25, 0.3) is 0 Å². The molecule has 0 saturated carbocycles. The highest BCUT2D eigenvalue weighted by atomic mass is 16.2. The number of nitrogens with two attached hydrogens (primary N) is 2. The van der Waals surface area contributed by atoms with Crippen molar-refractivity contribution in [3.63, 3.8) is 0 Å². The van der Waals surface area contributed by atoms with Gasteiger partial charge in [0.15, 0.2) is 0 Å². The summed E-state index contributed by atoms with van der Waals surface area (Å²) in [6.45, 7) is 9.99. The van der Waals surface area contributed by atoms with Crippen LogP contribution < -0.4 is 38.1 Å². The average Bonchev–Trinajstić information content (AvgIpc) is 3.01. The van der Waals surface area contributed by atoms with Gasteiger partial charge in [0, 0.05) is 103 Å².